The number of ketones is 1. The molecule has 0 bridgehead atoms. The van der Waals surface area contributed by atoms with E-state index in [0.717, 1.165) is 29.9 Å². The standard InChI is InChI=1S/C21H22N4O3/c1-14(26)15-8-9-18(28-2)16(12-15)13-20(27)24-11-5-6-17(24)21-23-22-19-7-3-4-10-25(19)21/h3-4,7-10,12,17H,5-6,11,13H2,1-2H3/t17-/m1/s1. The van der Waals surface area contributed by atoms with Crippen LogP contribution in [0.15, 0.2) is 42.6 Å². The van der Waals surface area contributed by atoms with Crippen LogP contribution in [0.1, 0.15) is 47.6 Å². The van der Waals surface area contributed by atoms with Gasteiger partial charge in [-0.15, -0.1) is 10.2 Å². The maximum atomic E-state index is 13.1. The molecule has 0 unspecified atom stereocenters. The van der Waals surface area contributed by atoms with Gasteiger partial charge in [-0.1, -0.05) is 6.07 Å². The molecule has 0 spiro atoms. The molecule has 3 heterocycles. The summed E-state index contributed by atoms with van der Waals surface area (Å²) >= 11 is 0. The van der Waals surface area contributed by atoms with Crippen LogP contribution in [0, 0.1) is 0 Å². The zero-order valence-electron chi connectivity index (χ0n) is 16.0. The highest BCUT2D eigenvalue weighted by molar-refractivity contribution is 5.94. The molecule has 3 aromatic rings. The molecule has 4 rings (SSSR count). The molecule has 1 amide bonds. The molecule has 2 aromatic heterocycles. The monoisotopic (exact) mass is 378 g/mol. The molecule has 144 valence electrons. The average molecular weight is 378 g/mol. The highest BCUT2D eigenvalue weighted by Crippen LogP contribution is 2.32. The van der Waals surface area contributed by atoms with Crippen LogP contribution in [0.25, 0.3) is 5.65 Å². The van der Waals surface area contributed by atoms with Gasteiger partial charge >= 0.3 is 0 Å². The predicted octanol–water partition coefficient (Wildman–Crippen LogP) is 2.85. The number of Topliss-reactive ketones (excluding diaryl/α,β-unsaturated/α-hetero) is 1. The van der Waals surface area contributed by atoms with E-state index in [1.54, 1.807) is 25.3 Å². The number of carbonyl (C=O) groups excluding carboxylic acids is 2. The van der Waals surface area contributed by atoms with E-state index in [0.29, 0.717) is 17.9 Å². The second kappa shape index (κ2) is 7.42. The lowest BCUT2D eigenvalue weighted by atomic mass is 10.0. The van der Waals surface area contributed by atoms with E-state index < -0.39 is 0 Å². The van der Waals surface area contributed by atoms with Crippen molar-refractivity contribution in [2.24, 2.45) is 0 Å². The lowest BCUT2D eigenvalue weighted by Crippen LogP contribution is -2.32. The normalized spacial score (nSPS) is 16.5. The number of hydrogen-bond donors (Lipinski definition) is 0. The van der Waals surface area contributed by atoms with Crippen LogP contribution in [0.3, 0.4) is 0 Å². The SMILES string of the molecule is COc1ccc(C(C)=O)cc1CC(=O)N1CCC[C@@H]1c1nnc2ccccn12. The molecule has 7 heteroatoms. The Morgan fingerprint density at radius 3 is 2.86 bits per heavy atom. The van der Waals surface area contributed by atoms with Gasteiger partial charge in [-0.25, -0.2) is 0 Å². The maximum Gasteiger partial charge on any atom is 0.227 e. The van der Waals surface area contributed by atoms with Crippen LogP contribution in [0.4, 0.5) is 0 Å². The third-order valence-corrected chi connectivity index (χ3v) is 5.24. The van der Waals surface area contributed by atoms with E-state index in [1.807, 2.05) is 33.7 Å². The zero-order valence-corrected chi connectivity index (χ0v) is 16.0. The van der Waals surface area contributed by atoms with Gasteiger partial charge in [0.2, 0.25) is 5.91 Å². The van der Waals surface area contributed by atoms with Crippen molar-refractivity contribution in [1.29, 1.82) is 0 Å². The van der Waals surface area contributed by atoms with Crippen molar-refractivity contribution in [2.75, 3.05) is 13.7 Å². The summed E-state index contributed by atoms with van der Waals surface area (Å²) in [5, 5.41) is 8.55. The van der Waals surface area contributed by atoms with Gasteiger partial charge in [0.1, 0.15) is 5.75 Å². The predicted molar refractivity (Wildman–Crippen MR) is 103 cm³/mol. The number of fused-ring (bicyclic) bond motifs is 1. The summed E-state index contributed by atoms with van der Waals surface area (Å²) in [5.41, 5.74) is 2.06. The number of methoxy groups -OCH3 is 1. The van der Waals surface area contributed by atoms with Crippen molar-refractivity contribution in [2.45, 2.75) is 32.2 Å². The molecule has 1 aliphatic rings. The summed E-state index contributed by atoms with van der Waals surface area (Å²) < 4.78 is 7.33. The molecular weight excluding hydrogens is 356 g/mol. The van der Waals surface area contributed by atoms with Crippen molar-refractivity contribution < 1.29 is 14.3 Å². The average Bonchev–Trinajstić information content (AvgIpc) is 3.34. The Morgan fingerprint density at radius 1 is 1.21 bits per heavy atom. The molecule has 1 aliphatic heterocycles. The van der Waals surface area contributed by atoms with Gasteiger partial charge in [-0.2, -0.15) is 0 Å². The number of hydrogen-bond acceptors (Lipinski definition) is 5. The fourth-order valence-electron chi connectivity index (χ4n) is 3.82. The molecule has 0 N–H and O–H groups in total. The molecule has 7 nitrogen and oxygen atoms in total. The summed E-state index contributed by atoms with van der Waals surface area (Å²) in [6, 6.07) is 10.8. The fourth-order valence-corrected chi connectivity index (χ4v) is 3.82. The van der Waals surface area contributed by atoms with E-state index in [-0.39, 0.29) is 24.2 Å². The van der Waals surface area contributed by atoms with Crippen molar-refractivity contribution >= 4 is 17.3 Å². The van der Waals surface area contributed by atoms with Gasteiger partial charge in [-0.3, -0.25) is 14.0 Å². The summed E-state index contributed by atoms with van der Waals surface area (Å²) in [6.07, 6.45) is 3.87. The quantitative estimate of drug-likeness (QED) is 0.638. The van der Waals surface area contributed by atoms with Crippen LogP contribution < -0.4 is 4.74 Å². The van der Waals surface area contributed by atoms with Gasteiger partial charge in [0.05, 0.1) is 19.6 Å². The Kier molecular flexibility index (Phi) is 4.81. The van der Waals surface area contributed by atoms with Crippen molar-refractivity contribution in [3.8, 4) is 5.75 Å². The minimum absolute atomic E-state index is 0.00539. The highest BCUT2D eigenvalue weighted by Gasteiger charge is 2.33. The summed E-state index contributed by atoms with van der Waals surface area (Å²) in [6.45, 7) is 2.19. The molecular formula is C21H22N4O3. The molecule has 0 radical (unpaired) electrons. The highest BCUT2D eigenvalue weighted by atomic mass is 16.5. The number of carbonyl (C=O) groups is 2. The number of nitrogens with zero attached hydrogens (tertiary/aromatic N) is 4. The second-order valence-corrected chi connectivity index (χ2v) is 6.99. The van der Waals surface area contributed by atoms with E-state index >= 15 is 0 Å². The molecule has 1 fully saturated rings. The van der Waals surface area contributed by atoms with Gasteiger partial charge in [0.15, 0.2) is 17.3 Å². The Bertz CT molecular complexity index is 1040. The van der Waals surface area contributed by atoms with Gasteiger partial charge in [0, 0.05) is 23.9 Å². The Labute approximate surface area is 162 Å². The first-order valence-corrected chi connectivity index (χ1v) is 9.35. The number of ether oxygens (including phenoxy) is 1. The first kappa shape index (κ1) is 18.2. The topological polar surface area (TPSA) is 76.8 Å². The number of pyridine rings is 1. The van der Waals surface area contributed by atoms with Gasteiger partial charge in [0.25, 0.3) is 0 Å². The fraction of sp³-hybridized carbons (Fsp3) is 0.333. The van der Waals surface area contributed by atoms with Crippen LogP contribution >= 0.6 is 0 Å². The summed E-state index contributed by atoms with van der Waals surface area (Å²) in [4.78, 5) is 26.7. The third-order valence-electron chi connectivity index (χ3n) is 5.24. The largest absolute Gasteiger partial charge is 0.496 e. The number of rotatable bonds is 5. The first-order chi connectivity index (χ1) is 13.6. The minimum atomic E-state index is -0.105. The minimum Gasteiger partial charge on any atom is -0.496 e. The van der Waals surface area contributed by atoms with E-state index in [4.69, 9.17) is 4.74 Å². The molecule has 1 atom stereocenters. The van der Waals surface area contributed by atoms with Crippen molar-refractivity contribution in [3.05, 3.63) is 59.5 Å². The van der Waals surface area contributed by atoms with E-state index in [1.165, 1.54) is 6.92 Å². The zero-order chi connectivity index (χ0) is 19.7. The van der Waals surface area contributed by atoms with Crippen LogP contribution in [0.2, 0.25) is 0 Å². The molecule has 1 saturated heterocycles. The molecule has 28 heavy (non-hydrogen) atoms. The van der Waals surface area contributed by atoms with E-state index in [9.17, 15) is 9.59 Å². The summed E-state index contributed by atoms with van der Waals surface area (Å²) in [7, 11) is 1.57. The Hall–Kier alpha value is -3.22. The molecule has 1 aromatic carbocycles. The Balaban J connectivity index is 1.61. The van der Waals surface area contributed by atoms with Crippen LogP contribution in [-0.4, -0.2) is 44.8 Å². The maximum absolute atomic E-state index is 13.1. The molecule has 0 saturated carbocycles. The van der Waals surface area contributed by atoms with Gasteiger partial charge < -0.3 is 9.64 Å². The van der Waals surface area contributed by atoms with Crippen molar-refractivity contribution in [1.82, 2.24) is 19.5 Å². The lowest BCUT2D eigenvalue weighted by molar-refractivity contribution is -0.131. The van der Waals surface area contributed by atoms with Crippen LogP contribution in [-0.2, 0) is 11.2 Å². The smallest absolute Gasteiger partial charge is 0.227 e. The number of aromatic nitrogens is 3. The summed E-state index contributed by atoms with van der Waals surface area (Å²) in [5.74, 6) is 1.35. The van der Waals surface area contributed by atoms with Gasteiger partial charge in [-0.05, 0) is 50.1 Å². The van der Waals surface area contributed by atoms with Crippen LogP contribution in [0.5, 0.6) is 5.75 Å². The molecule has 0 aliphatic carbocycles. The Morgan fingerprint density at radius 2 is 2.07 bits per heavy atom. The first-order valence-electron chi connectivity index (χ1n) is 9.35. The number of amides is 1. The van der Waals surface area contributed by atoms with Crippen molar-refractivity contribution in [3.63, 3.8) is 0 Å². The van der Waals surface area contributed by atoms with E-state index in [2.05, 4.69) is 10.2 Å². The number of likely N-dealkylation sites (tertiary alicyclic amines) is 1. The number of benzene rings is 1. The second-order valence-electron chi connectivity index (χ2n) is 6.99. The third kappa shape index (κ3) is 3.24. The lowest BCUT2D eigenvalue weighted by Gasteiger charge is -2.24.